The molecule has 6 nitrogen and oxygen atoms in total. The summed E-state index contributed by atoms with van der Waals surface area (Å²) in [7, 11) is 0. The number of carbonyl (C=O) groups excluding carboxylic acids is 2. The van der Waals surface area contributed by atoms with Crippen molar-refractivity contribution >= 4 is 17.5 Å². The largest absolute Gasteiger partial charge is 0.454 e. The van der Waals surface area contributed by atoms with E-state index >= 15 is 0 Å². The predicted molar refractivity (Wildman–Crippen MR) is 69.1 cm³/mol. The second-order valence-electron chi connectivity index (χ2n) is 4.30. The van der Waals surface area contributed by atoms with E-state index in [0.717, 1.165) is 6.42 Å². The lowest BCUT2D eigenvalue weighted by atomic mass is 10.2. The summed E-state index contributed by atoms with van der Waals surface area (Å²) < 4.78 is 10.3. The number of nitrogens with one attached hydrogen (secondary N) is 2. The molecular formula is C13H16N2O4. The van der Waals surface area contributed by atoms with Gasteiger partial charge < -0.3 is 20.1 Å². The van der Waals surface area contributed by atoms with E-state index in [1.54, 1.807) is 18.2 Å². The van der Waals surface area contributed by atoms with E-state index in [1.165, 1.54) is 0 Å². The van der Waals surface area contributed by atoms with E-state index in [1.807, 2.05) is 13.8 Å². The van der Waals surface area contributed by atoms with Crippen LogP contribution in [0.5, 0.6) is 11.5 Å². The molecule has 1 aliphatic heterocycles. The molecule has 0 unspecified atom stereocenters. The summed E-state index contributed by atoms with van der Waals surface area (Å²) in [4.78, 5) is 23.2. The van der Waals surface area contributed by atoms with Gasteiger partial charge >= 0.3 is 11.8 Å². The summed E-state index contributed by atoms with van der Waals surface area (Å²) in [6.07, 6.45) is 0.767. The van der Waals surface area contributed by atoms with Gasteiger partial charge in [-0.15, -0.1) is 0 Å². The van der Waals surface area contributed by atoms with Crippen LogP contribution in [0.15, 0.2) is 18.2 Å². The maximum absolute atomic E-state index is 11.7. The topological polar surface area (TPSA) is 76.7 Å². The highest BCUT2D eigenvalue weighted by molar-refractivity contribution is 6.39. The standard InChI is InChI=1S/C13H16N2O4/c1-3-8(2)14-12(16)13(17)15-9-4-5-10-11(6-9)19-7-18-10/h4-6,8H,3,7H2,1-2H3,(H,14,16)(H,15,17)/t8-/m0/s1. The van der Waals surface area contributed by atoms with E-state index in [4.69, 9.17) is 9.47 Å². The van der Waals surface area contributed by atoms with Crippen LogP contribution in [-0.2, 0) is 9.59 Å². The monoisotopic (exact) mass is 264 g/mol. The molecule has 0 aliphatic carbocycles. The zero-order valence-electron chi connectivity index (χ0n) is 10.9. The predicted octanol–water partition coefficient (Wildman–Crippen LogP) is 1.27. The zero-order chi connectivity index (χ0) is 13.8. The van der Waals surface area contributed by atoms with Crippen molar-refractivity contribution in [3.8, 4) is 11.5 Å². The summed E-state index contributed by atoms with van der Waals surface area (Å²) in [6.45, 7) is 3.94. The van der Waals surface area contributed by atoms with Gasteiger partial charge in [0.2, 0.25) is 6.79 Å². The molecular weight excluding hydrogens is 248 g/mol. The molecule has 6 heteroatoms. The third-order valence-corrected chi connectivity index (χ3v) is 2.83. The molecule has 2 rings (SSSR count). The normalized spacial score (nSPS) is 13.8. The molecule has 1 aromatic rings. The number of fused-ring (bicyclic) bond motifs is 1. The molecule has 1 aromatic carbocycles. The van der Waals surface area contributed by atoms with Crippen LogP contribution in [0.1, 0.15) is 20.3 Å². The summed E-state index contributed by atoms with van der Waals surface area (Å²) in [5.74, 6) is -0.159. The van der Waals surface area contributed by atoms with Gasteiger partial charge in [0.05, 0.1) is 0 Å². The van der Waals surface area contributed by atoms with E-state index in [9.17, 15) is 9.59 Å². The molecule has 2 N–H and O–H groups in total. The lowest BCUT2D eigenvalue weighted by Gasteiger charge is -2.11. The number of anilines is 1. The van der Waals surface area contributed by atoms with Crippen LogP contribution in [0.3, 0.4) is 0 Å². The van der Waals surface area contributed by atoms with Gasteiger partial charge in [-0.05, 0) is 25.5 Å². The minimum Gasteiger partial charge on any atom is -0.454 e. The van der Waals surface area contributed by atoms with E-state index < -0.39 is 11.8 Å². The van der Waals surface area contributed by atoms with Gasteiger partial charge in [-0.1, -0.05) is 6.92 Å². The van der Waals surface area contributed by atoms with Gasteiger partial charge in [-0.3, -0.25) is 9.59 Å². The Morgan fingerprint density at radius 3 is 2.74 bits per heavy atom. The maximum Gasteiger partial charge on any atom is 0.313 e. The zero-order valence-corrected chi connectivity index (χ0v) is 10.9. The van der Waals surface area contributed by atoms with Crippen LogP contribution in [0.4, 0.5) is 5.69 Å². The van der Waals surface area contributed by atoms with Crippen LogP contribution < -0.4 is 20.1 Å². The Hall–Kier alpha value is -2.24. The fraction of sp³-hybridized carbons (Fsp3) is 0.385. The second-order valence-corrected chi connectivity index (χ2v) is 4.30. The second kappa shape index (κ2) is 5.60. The Balaban J connectivity index is 1.97. The number of rotatable bonds is 3. The number of ether oxygens (including phenoxy) is 2. The molecule has 0 saturated heterocycles. The molecule has 0 fully saturated rings. The summed E-state index contributed by atoms with van der Waals surface area (Å²) in [5.41, 5.74) is 0.494. The number of amides is 2. The lowest BCUT2D eigenvalue weighted by Crippen LogP contribution is -2.40. The number of hydrogen-bond donors (Lipinski definition) is 2. The average molecular weight is 264 g/mol. The lowest BCUT2D eigenvalue weighted by molar-refractivity contribution is -0.136. The molecule has 0 saturated carbocycles. The highest BCUT2D eigenvalue weighted by atomic mass is 16.7. The van der Waals surface area contributed by atoms with E-state index in [-0.39, 0.29) is 12.8 Å². The van der Waals surface area contributed by atoms with Crippen molar-refractivity contribution in [1.29, 1.82) is 0 Å². The SMILES string of the molecule is CC[C@H](C)NC(=O)C(=O)Nc1ccc2c(c1)OCO2. The first kappa shape index (κ1) is 13.2. The van der Waals surface area contributed by atoms with Gasteiger partial charge in [0.1, 0.15) is 0 Å². The fourth-order valence-electron chi connectivity index (χ4n) is 1.55. The quantitative estimate of drug-likeness (QED) is 0.806. The molecule has 1 aliphatic rings. The smallest absolute Gasteiger partial charge is 0.313 e. The van der Waals surface area contributed by atoms with Crippen LogP contribution in [0.2, 0.25) is 0 Å². The number of benzene rings is 1. The van der Waals surface area contributed by atoms with Crippen molar-refractivity contribution in [3.05, 3.63) is 18.2 Å². The number of hydrogen-bond acceptors (Lipinski definition) is 4. The summed E-state index contributed by atoms with van der Waals surface area (Å²) in [6, 6.07) is 4.93. The third kappa shape index (κ3) is 3.15. The van der Waals surface area contributed by atoms with Crippen molar-refractivity contribution in [2.24, 2.45) is 0 Å². The highest BCUT2D eigenvalue weighted by Crippen LogP contribution is 2.34. The van der Waals surface area contributed by atoms with Gasteiger partial charge in [0.15, 0.2) is 11.5 Å². The molecule has 19 heavy (non-hydrogen) atoms. The first-order valence-corrected chi connectivity index (χ1v) is 6.11. The maximum atomic E-state index is 11.7. The molecule has 1 atom stereocenters. The Labute approximate surface area is 111 Å². The first-order valence-electron chi connectivity index (χ1n) is 6.11. The molecule has 0 radical (unpaired) electrons. The van der Waals surface area contributed by atoms with Gasteiger partial charge in [0.25, 0.3) is 0 Å². The van der Waals surface area contributed by atoms with E-state index in [0.29, 0.717) is 17.2 Å². The molecule has 102 valence electrons. The third-order valence-electron chi connectivity index (χ3n) is 2.83. The van der Waals surface area contributed by atoms with Crippen molar-refractivity contribution in [2.75, 3.05) is 12.1 Å². The Morgan fingerprint density at radius 2 is 2.00 bits per heavy atom. The Bertz CT molecular complexity index is 501. The van der Waals surface area contributed by atoms with Crippen molar-refractivity contribution in [2.45, 2.75) is 26.3 Å². The Kier molecular flexibility index (Phi) is 3.89. The van der Waals surface area contributed by atoms with Crippen LogP contribution in [0, 0.1) is 0 Å². The van der Waals surface area contributed by atoms with Crippen LogP contribution in [-0.4, -0.2) is 24.6 Å². The van der Waals surface area contributed by atoms with Crippen molar-refractivity contribution < 1.29 is 19.1 Å². The molecule has 1 heterocycles. The molecule has 0 bridgehead atoms. The van der Waals surface area contributed by atoms with E-state index in [2.05, 4.69) is 10.6 Å². The minimum atomic E-state index is -0.695. The van der Waals surface area contributed by atoms with Crippen molar-refractivity contribution in [1.82, 2.24) is 5.32 Å². The molecule has 0 spiro atoms. The molecule has 0 aromatic heterocycles. The van der Waals surface area contributed by atoms with Crippen molar-refractivity contribution in [3.63, 3.8) is 0 Å². The number of carbonyl (C=O) groups is 2. The minimum absolute atomic E-state index is 0.0324. The van der Waals surface area contributed by atoms with Gasteiger partial charge in [0, 0.05) is 17.8 Å². The van der Waals surface area contributed by atoms with Crippen LogP contribution in [0.25, 0.3) is 0 Å². The summed E-state index contributed by atoms with van der Waals surface area (Å²) >= 11 is 0. The summed E-state index contributed by atoms with van der Waals surface area (Å²) in [5, 5.41) is 5.11. The van der Waals surface area contributed by atoms with Gasteiger partial charge in [-0.25, -0.2) is 0 Å². The van der Waals surface area contributed by atoms with Gasteiger partial charge in [-0.2, -0.15) is 0 Å². The average Bonchev–Trinajstić information content (AvgIpc) is 2.85. The Morgan fingerprint density at radius 1 is 1.26 bits per heavy atom. The van der Waals surface area contributed by atoms with Crippen LogP contribution >= 0.6 is 0 Å². The first-order chi connectivity index (χ1) is 9.10. The molecule has 2 amide bonds. The highest BCUT2D eigenvalue weighted by Gasteiger charge is 2.18. The fourth-order valence-corrected chi connectivity index (χ4v) is 1.55.